The zero-order valence-corrected chi connectivity index (χ0v) is 11.1. The Bertz CT molecular complexity index is 612. The van der Waals surface area contributed by atoms with Gasteiger partial charge in [-0.05, 0) is 18.2 Å². The largest absolute Gasteiger partial charge is 0.508 e. The molecule has 0 radical (unpaired) electrons. The Morgan fingerprint density at radius 2 is 1.95 bits per heavy atom. The molecule has 0 fully saturated rings. The van der Waals surface area contributed by atoms with Crippen LogP contribution >= 0.6 is 0 Å². The highest BCUT2D eigenvalue weighted by Gasteiger charge is 2.04. The number of hydrogen-bond acceptors (Lipinski definition) is 5. The number of hydrogen-bond donors (Lipinski definition) is 3. The van der Waals surface area contributed by atoms with Crippen LogP contribution in [0.2, 0.25) is 0 Å². The Kier molecular flexibility index (Phi) is 4.44. The summed E-state index contributed by atoms with van der Waals surface area (Å²) in [6.45, 7) is 0.397. The molecule has 0 spiro atoms. The number of hydrazone groups is 1. The maximum absolute atomic E-state index is 9.87. The van der Waals surface area contributed by atoms with Gasteiger partial charge < -0.3 is 20.4 Å². The highest BCUT2D eigenvalue weighted by atomic mass is 16.5. The van der Waals surface area contributed by atoms with Gasteiger partial charge in [0.2, 0.25) is 0 Å². The van der Waals surface area contributed by atoms with Gasteiger partial charge in [0.05, 0.1) is 19.9 Å². The van der Waals surface area contributed by atoms with Crippen molar-refractivity contribution >= 4 is 6.21 Å². The van der Waals surface area contributed by atoms with E-state index in [1.54, 1.807) is 36.4 Å². The molecule has 104 valence electrons. The predicted octanol–water partition coefficient (Wildman–Crippen LogP) is 2.23. The predicted molar refractivity (Wildman–Crippen MR) is 77.2 cm³/mol. The Balaban J connectivity index is 1.99. The summed E-state index contributed by atoms with van der Waals surface area (Å²) in [6, 6.07) is 12.2. The van der Waals surface area contributed by atoms with Crippen LogP contribution in [-0.4, -0.2) is 23.5 Å². The van der Waals surface area contributed by atoms with Crippen LogP contribution in [0, 0.1) is 0 Å². The molecule has 0 aliphatic carbocycles. The summed E-state index contributed by atoms with van der Waals surface area (Å²) in [5.41, 5.74) is 4.11. The second kappa shape index (κ2) is 6.47. The van der Waals surface area contributed by atoms with Crippen LogP contribution in [0.15, 0.2) is 47.6 Å². The van der Waals surface area contributed by atoms with Gasteiger partial charge in [0.25, 0.3) is 0 Å². The molecule has 2 aromatic carbocycles. The number of ether oxygens (including phenoxy) is 1. The standard InChI is InChI=1S/C15H16N2O3/c1-20-14-8-4-6-12(15(14)19)10-17-16-9-11-5-2-3-7-13(11)18/h2-8,10,16,18-19H,9H2,1H3. The maximum atomic E-state index is 9.87. The quantitative estimate of drug-likeness (QED) is 0.576. The summed E-state index contributed by atoms with van der Waals surface area (Å²) in [6.07, 6.45) is 1.50. The monoisotopic (exact) mass is 272 g/mol. The van der Waals surface area contributed by atoms with E-state index < -0.39 is 0 Å². The minimum atomic E-state index is 0.0445. The molecule has 0 saturated heterocycles. The van der Waals surface area contributed by atoms with Crippen molar-refractivity contribution in [2.75, 3.05) is 7.11 Å². The molecule has 5 nitrogen and oxygen atoms in total. The fraction of sp³-hybridized carbons (Fsp3) is 0.133. The second-order valence-corrected chi connectivity index (χ2v) is 4.12. The molecule has 2 rings (SSSR count). The smallest absolute Gasteiger partial charge is 0.166 e. The van der Waals surface area contributed by atoms with E-state index in [1.807, 2.05) is 6.07 Å². The highest BCUT2D eigenvalue weighted by Crippen LogP contribution is 2.27. The highest BCUT2D eigenvalue weighted by molar-refractivity contribution is 5.84. The van der Waals surface area contributed by atoms with Crippen LogP contribution in [0.25, 0.3) is 0 Å². The summed E-state index contributed by atoms with van der Waals surface area (Å²) < 4.78 is 5.01. The number of phenolic OH excluding ortho intramolecular Hbond substituents is 2. The van der Waals surface area contributed by atoms with Crippen molar-refractivity contribution in [2.45, 2.75) is 6.54 Å². The Labute approximate surface area is 117 Å². The van der Waals surface area contributed by atoms with Crippen molar-refractivity contribution in [1.82, 2.24) is 5.43 Å². The number of phenols is 2. The molecule has 0 unspecified atom stereocenters. The topological polar surface area (TPSA) is 74.1 Å². The third kappa shape index (κ3) is 3.20. The number of benzene rings is 2. The van der Waals surface area contributed by atoms with Crippen molar-refractivity contribution in [3.63, 3.8) is 0 Å². The van der Waals surface area contributed by atoms with E-state index in [0.717, 1.165) is 5.56 Å². The minimum Gasteiger partial charge on any atom is -0.508 e. The molecule has 5 heteroatoms. The Morgan fingerprint density at radius 3 is 2.70 bits per heavy atom. The summed E-state index contributed by atoms with van der Waals surface area (Å²) in [4.78, 5) is 0. The van der Waals surface area contributed by atoms with Crippen molar-refractivity contribution in [2.24, 2.45) is 5.10 Å². The third-order valence-corrected chi connectivity index (χ3v) is 2.81. The average Bonchev–Trinajstić information content (AvgIpc) is 2.47. The lowest BCUT2D eigenvalue weighted by Crippen LogP contribution is -2.05. The number of nitrogens with one attached hydrogen (secondary N) is 1. The number of para-hydroxylation sites is 2. The molecule has 0 heterocycles. The second-order valence-electron chi connectivity index (χ2n) is 4.12. The van der Waals surface area contributed by atoms with Gasteiger partial charge in [-0.3, -0.25) is 0 Å². The van der Waals surface area contributed by atoms with E-state index in [1.165, 1.54) is 13.3 Å². The molecule has 0 aromatic heterocycles. The van der Waals surface area contributed by atoms with Crippen molar-refractivity contribution in [3.05, 3.63) is 53.6 Å². The molecular formula is C15H16N2O3. The maximum Gasteiger partial charge on any atom is 0.166 e. The molecule has 20 heavy (non-hydrogen) atoms. The van der Waals surface area contributed by atoms with E-state index >= 15 is 0 Å². The molecule has 0 amide bonds. The van der Waals surface area contributed by atoms with Gasteiger partial charge in [-0.25, -0.2) is 0 Å². The van der Waals surface area contributed by atoms with Crippen molar-refractivity contribution < 1.29 is 14.9 Å². The van der Waals surface area contributed by atoms with Crippen LogP contribution in [0.5, 0.6) is 17.2 Å². The molecule has 0 saturated carbocycles. The number of nitrogens with zero attached hydrogens (tertiary/aromatic N) is 1. The van der Waals surface area contributed by atoms with Crippen molar-refractivity contribution in [1.29, 1.82) is 0 Å². The number of rotatable bonds is 5. The summed E-state index contributed by atoms with van der Waals surface area (Å²) in [7, 11) is 1.49. The number of aromatic hydroxyl groups is 2. The molecule has 2 aromatic rings. The first-order chi connectivity index (χ1) is 9.72. The average molecular weight is 272 g/mol. The van der Waals surface area contributed by atoms with Crippen molar-refractivity contribution in [3.8, 4) is 17.2 Å². The van der Waals surface area contributed by atoms with Crippen LogP contribution in [0.4, 0.5) is 0 Å². The molecule has 0 aliphatic heterocycles. The first kappa shape index (κ1) is 13.7. The first-order valence-electron chi connectivity index (χ1n) is 6.11. The normalized spacial score (nSPS) is 10.7. The van der Waals surface area contributed by atoms with Crippen LogP contribution < -0.4 is 10.2 Å². The van der Waals surface area contributed by atoms with Gasteiger partial charge in [-0.1, -0.05) is 24.3 Å². The molecule has 0 atom stereocenters. The lowest BCUT2D eigenvalue weighted by Gasteiger charge is -2.05. The van der Waals surface area contributed by atoms with E-state index in [4.69, 9.17) is 4.74 Å². The molecule has 0 aliphatic rings. The zero-order valence-electron chi connectivity index (χ0n) is 11.1. The summed E-state index contributed by atoms with van der Waals surface area (Å²) >= 11 is 0. The van der Waals surface area contributed by atoms with Gasteiger partial charge in [-0.15, -0.1) is 0 Å². The zero-order chi connectivity index (χ0) is 14.4. The Morgan fingerprint density at radius 1 is 1.15 bits per heavy atom. The van der Waals surface area contributed by atoms with Crippen LogP contribution in [-0.2, 0) is 6.54 Å². The molecule has 3 N–H and O–H groups in total. The van der Waals surface area contributed by atoms with E-state index in [2.05, 4.69) is 10.5 Å². The van der Waals surface area contributed by atoms with E-state index in [9.17, 15) is 10.2 Å². The number of methoxy groups -OCH3 is 1. The Hall–Kier alpha value is -2.69. The lowest BCUT2D eigenvalue weighted by molar-refractivity contribution is 0.373. The fourth-order valence-electron chi connectivity index (χ4n) is 1.71. The van der Waals surface area contributed by atoms with Gasteiger partial charge >= 0.3 is 0 Å². The lowest BCUT2D eigenvalue weighted by atomic mass is 10.2. The fourth-order valence-corrected chi connectivity index (χ4v) is 1.71. The third-order valence-electron chi connectivity index (χ3n) is 2.81. The molecular weight excluding hydrogens is 256 g/mol. The minimum absolute atomic E-state index is 0.0445. The SMILES string of the molecule is COc1cccc(C=NNCc2ccccc2O)c1O. The molecule has 0 bridgehead atoms. The van der Waals surface area contributed by atoms with Gasteiger partial charge in [0.1, 0.15) is 5.75 Å². The summed E-state index contributed by atoms with van der Waals surface area (Å²) in [5, 5.41) is 23.5. The van der Waals surface area contributed by atoms with E-state index in [-0.39, 0.29) is 11.5 Å². The van der Waals surface area contributed by atoms with E-state index in [0.29, 0.717) is 17.9 Å². The van der Waals surface area contributed by atoms with Crippen LogP contribution in [0.1, 0.15) is 11.1 Å². The summed E-state index contributed by atoms with van der Waals surface area (Å²) in [5.74, 6) is 0.664. The first-order valence-corrected chi connectivity index (χ1v) is 6.11. The van der Waals surface area contributed by atoms with Gasteiger partial charge in [-0.2, -0.15) is 5.10 Å². The van der Waals surface area contributed by atoms with Gasteiger partial charge in [0, 0.05) is 11.1 Å². The van der Waals surface area contributed by atoms with Crippen LogP contribution in [0.3, 0.4) is 0 Å². The van der Waals surface area contributed by atoms with Gasteiger partial charge in [0.15, 0.2) is 11.5 Å².